The largest absolute Gasteiger partial charge is 0.478 e. The summed E-state index contributed by atoms with van der Waals surface area (Å²) in [6.45, 7) is 3.72. The first-order chi connectivity index (χ1) is 12.6. The van der Waals surface area contributed by atoms with Gasteiger partial charge in [-0.3, -0.25) is 0 Å². The van der Waals surface area contributed by atoms with Crippen LogP contribution in [-0.2, 0) is 6.42 Å². The number of allylic oxidation sites excluding steroid dienone is 1. The molecule has 26 heavy (non-hydrogen) atoms. The van der Waals surface area contributed by atoms with E-state index >= 15 is 0 Å². The van der Waals surface area contributed by atoms with Gasteiger partial charge in [-0.25, -0.2) is 14.8 Å². The maximum absolute atomic E-state index is 11.6. The average Bonchev–Trinajstić information content (AvgIpc) is 2.68. The number of benzene rings is 2. The standard InChI is InChI=1S/C21H15N3O2/c1-2-5-14-8-10-15(11-9-14)20-23-13-18(21(25)26)19(24-20)17-7-4-3-6-16(17)12-22/h2-4,6-11,13H,1,5H2,(H,25,26). The van der Waals surface area contributed by atoms with Crippen LogP contribution in [-0.4, -0.2) is 21.0 Å². The number of nitriles is 1. The van der Waals surface area contributed by atoms with Crippen molar-refractivity contribution in [2.24, 2.45) is 0 Å². The Morgan fingerprint density at radius 1 is 1.19 bits per heavy atom. The predicted octanol–water partition coefficient (Wildman–Crippen LogP) is 4.11. The summed E-state index contributed by atoms with van der Waals surface area (Å²) in [5.41, 5.74) is 2.90. The van der Waals surface area contributed by atoms with Gasteiger partial charge in [0.15, 0.2) is 5.82 Å². The molecular weight excluding hydrogens is 326 g/mol. The first-order valence-corrected chi connectivity index (χ1v) is 7.94. The van der Waals surface area contributed by atoms with Gasteiger partial charge in [-0.05, 0) is 18.1 Å². The molecule has 0 saturated carbocycles. The fraction of sp³-hybridized carbons (Fsp3) is 0.0476. The van der Waals surface area contributed by atoms with Gasteiger partial charge in [0.1, 0.15) is 5.56 Å². The topological polar surface area (TPSA) is 86.9 Å². The van der Waals surface area contributed by atoms with Crippen LogP contribution in [0.15, 0.2) is 67.4 Å². The number of rotatable bonds is 5. The molecule has 1 aromatic heterocycles. The van der Waals surface area contributed by atoms with Gasteiger partial charge in [0, 0.05) is 17.3 Å². The molecule has 0 aliphatic rings. The molecule has 0 atom stereocenters. The Morgan fingerprint density at radius 3 is 2.58 bits per heavy atom. The van der Waals surface area contributed by atoms with Crippen molar-refractivity contribution >= 4 is 5.97 Å². The molecule has 1 heterocycles. The third-order valence-electron chi connectivity index (χ3n) is 3.91. The van der Waals surface area contributed by atoms with Crippen molar-refractivity contribution in [2.45, 2.75) is 6.42 Å². The molecule has 0 amide bonds. The van der Waals surface area contributed by atoms with Gasteiger partial charge in [0.2, 0.25) is 0 Å². The number of hydrogen-bond acceptors (Lipinski definition) is 4. The van der Waals surface area contributed by atoms with Crippen molar-refractivity contribution in [1.29, 1.82) is 5.26 Å². The molecule has 0 radical (unpaired) electrons. The zero-order valence-electron chi connectivity index (χ0n) is 13.9. The second kappa shape index (κ2) is 7.41. The molecule has 0 spiro atoms. The molecule has 0 aliphatic heterocycles. The molecule has 3 aromatic rings. The monoisotopic (exact) mass is 341 g/mol. The fourth-order valence-corrected chi connectivity index (χ4v) is 2.63. The molecule has 126 valence electrons. The number of aromatic carboxylic acids is 1. The molecule has 5 nitrogen and oxygen atoms in total. The molecule has 0 fully saturated rings. The number of carboxylic acids is 1. The summed E-state index contributed by atoms with van der Waals surface area (Å²) in [5, 5.41) is 18.8. The lowest BCUT2D eigenvalue weighted by atomic mass is 10.0. The summed E-state index contributed by atoms with van der Waals surface area (Å²) in [6.07, 6.45) is 3.87. The van der Waals surface area contributed by atoms with E-state index in [1.807, 2.05) is 30.3 Å². The minimum absolute atomic E-state index is 0.0419. The first-order valence-electron chi connectivity index (χ1n) is 7.94. The van der Waals surface area contributed by atoms with Crippen LogP contribution in [0, 0.1) is 11.3 Å². The number of carboxylic acid groups (broad SMARTS) is 1. The summed E-state index contributed by atoms with van der Waals surface area (Å²) in [7, 11) is 0. The number of carbonyl (C=O) groups is 1. The highest BCUT2D eigenvalue weighted by atomic mass is 16.4. The van der Waals surface area contributed by atoms with Crippen LogP contribution in [0.3, 0.4) is 0 Å². The summed E-state index contributed by atoms with van der Waals surface area (Å²) in [4.78, 5) is 20.2. The zero-order chi connectivity index (χ0) is 18.5. The highest BCUT2D eigenvalue weighted by molar-refractivity contribution is 5.95. The molecular formula is C21H15N3O2. The minimum atomic E-state index is -1.14. The normalized spacial score (nSPS) is 10.1. The van der Waals surface area contributed by atoms with Crippen LogP contribution in [0.5, 0.6) is 0 Å². The Hall–Kier alpha value is -3.78. The van der Waals surface area contributed by atoms with Crippen molar-refractivity contribution in [3.8, 4) is 28.7 Å². The summed E-state index contributed by atoms with van der Waals surface area (Å²) in [5.74, 6) is -0.733. The van der Waals surface area contributed by atoms with Gasteiger partial charge in [0.05, 0.1) is 17.3 Å². The van der Waals surface area contributed by atoms with Crippen molar-refractivity contribution in [3.63, 3.8) is 0 Å². The SMILES string of the molecule is C=CCc1ccc(-c2ncc(C(=O)O)c(-c3ccccc3C#N)n2)cc1. The van der Waals surface area contributed by atoms with E-state index in [1.54, 1.807) is 24.3 Å². The summed E-state index contributed by atoms with van der Waals surface area (Å²) in [6, 6.07) is 16.5. The van der Waals surface area contributed by atoms with Crippen LogP contribution in [0.25, 0.3) is 22.6 Å². The van der Waals surface area contributed by atoms with Gasteiger partial charge in [0.25, 0.3) is 0 Å². The maximum Gasteiger partial charge on any atom is 0.339 e. The Balaban J connectivity index is 2.14. The average molecular weight is 341 g/mol. The van der Waals surface area contributed by atoms with Crippen molar-refractivity contribution in [2.75, 3.05) is 0 Å². The smallest absolute Gasteiger partial charge is 0.339 e. The van der Waals surface area contributed by atoms with Crippen LogP contribution < -0.4 is 0 Å². The second-order valence-electron chi connectivity index (χ2n) is 5.61. The molecule has 3 rings (SSSR count). The lowest BCUT2D eigenvalue weighted by molar-refractivity contribution is 0.0697. The summed E-state index contributed by atoms with van der Waals surface area (Å²) >= 11 is 0. The first kappa shape index (κ1) is 17.1. The van der Waals surface area contributed by atoms with Gasteiger partial charge in [-0.2, -0.15) is 5.26 Å². The van der Waals surface area contributed by atoms with Crippen LogP contribution in [0.4, 0.5) is 0 Å². The van der Waals surface area contributed by atoms with Crippen LogP contribution >= 0.6 is 0 Å². The number of aromatic nitrogens is 2. The van der Waals surface area contributed by atoms with Gasteiger partial charge in [-0.15, -0.1) is 6.58 Å². The molecule has 0 aliphatic carbocycles. The second-order valence-corrected chi connectivity index (χ2v) is 5.61. The van der Waals surface area contributed by atoms with Crippen molar-refractivity contribution in [3.05, 3.63) is 84.1 Å². The lowest BCUT2D eigenvalue weighted by Gasteiger charge is -2.09. The van der Waals surface area contributed by atoms with Gasteiger partial charge < -0.3 is 5.11 Å². The number of nitrogens with zero attached hydrogens (tertiary/aromatic N) is 3. The van der Waals surface area contributed by atoms with Crippen LogP contribution in [0.1, 0.15) is 21.5 Å². The van der Waals surface area contributed by atoms with Crippen molar-refractivity contribution in [1.82, 2.24) is 9.97 Å². The van der Waals surface area contributed by atoms with E-state index in [2.05, 4.69) is 22.6 Å². The van der Waals surface area contributed by atoms with E-state index < -0.39 is 5.97 Å². The van der Waals surface area contributed by atoms with Crippen LogP contribution in [0.2, 0.25) is 0 Å². The predicted molar refractivity (Wildman–Crippen MR) is 98.5 cm³/mol. The van der Waals surface area contributed by atoms with E-state index in [0.717, 1.165) is 17.5 Å². The Labute approximate surface area is 150 Å². The highest BCUT2D eigenvalue weighted by Gasteiger charge is 2.18. The quantitative estimate of drug-likeness (QED) is 0.706. The van der Waals surface area contributed by atoms with Crippen molar-refractivity contribution < 1.29 is 9.90 Å². The van der Waals surface area contributed by atoms with E-state index in [4.69, 9.17) is 0 Å². The third-order valence-corrected chi connectivity index (χ3v) is 3.91. The van der Waals surface area contributed by atoms with E-state index in [-0.39, 0.29) is 11.3 Å². The molecule has 0 bridgehead atoms. The maximum atomic E-state index is 11.6. The zero-order valence-corrected chi connectivity index (χ0v) is 13.9. The van der Waals surface area contributed by atoms with E-state index in [1.165, 1.54) is 6.20 Å². The van der Waals surface area contributed by atoms with E-state index in [0.29, 0.717) is 17.0 Å². The fourth-order valence-electron chi connectivity index (χ4n) is 2.63. The van der Waals surface area contributed by atoms with Gasteiger partial charge in [-0.1, -0.05) is 48.5 Å². The minimum Gasteiger partial charge on any atom is -0.478 e. The number of hydrogen-bond donors (Lipinski definition) is 1. The molecule has 0 saturated heterocycles. The van der Waals surface area contributed by atoms with Gasteiger partial charge >= 0.3 is 5.97 Å². The molecule has 0 unspecified atom stereocenters. The molecule has 5 heteroatoms. The molecule has 1 N–H and O–H groups in total. The lowest BCUT2D eigenvalue weighted by Crippen LogP contribution is -2.05. The van der Waals surface area contributed by atoms with E-state index in [9.17, 15) is 15.2 Å². The molecule has 2 aromatic carbocycles. The Bertz CT molecular complexity index is 1020. The Morgan fingerprint density at radius 2 is 1.92 bits per heavy atom. The highest BCUT2D eigenvalue weighted by Crippen LogP contribution is 2.27. The summed E-state index contributed by atoms with van der Waals surface area (Å²) < 4.78 is 0. The third kappa shape index (κ3) is 3.35. The Kier molecular flexibility index (Phi) is 4.86.